The third-order valence-corrected chi connectivity index (χ3v) is 3.49. The summed E-state index contributed by atoms with van der Waals surface area (Å²) in [5.74, 6) is -1.78. The second-order valence-corrected chi connectivity index (χ2v) is 5.82. The Hall–Kier alpha value is -2.70. The first-order valence-corrected chi connectivity index (χ1v) is 7.76. The van der Waals surface area contributed by atoms with Gasteiger partial charge in [0.05, 0.1) is 12.8 Å². The van der Waals surface area contributed by atoms with E-state index in [1.54, 1.807) is 38.1 Å². The minimum Gasteiger partial charge on any atom is -0.456 e. The minimum atomic E-state index is -0.631. The molecule has 0 aromatic heterocycles. The average molecular weight is 332 g/mol. The molecule has 3 amide bonds. The van der Waals surface area contributed by atoms with Gasteiger partial charge in [-0.2, -0.15) is 0 Å². The van der Waals surface area contributed by atoms with Crippen LogP contribution in [0.4, 0.5) is 0 Å². The Kier molecular flexibility index (Phi) is 5.68. The molecule has 0 fully saturated rings. The highest BCUT2D eigenvalue weighted by molar-refractivity contribution is 6.09. The van der Waals surface area contributed by atoms with Crippen molar-refractivity contribution in [3.8, 4) is 0 Å². The van der Waals surface area contributed by atoms with Crippen LogP contribution in [0.5, 0.6) is 0 Å². The summed E-state index contributed by atoms with van der Waals surface area (Å²) in [6, 6.07) is 6.86. The fraction of sp³-hybridized carbons (Fsp3) is 0.412. The van der Waals surface area contributed by atoms with E-state index in [9.17, 15) is 19.2 Å². The maximum absolute atomic E-state index is 12.3. The number of nitrogens with one attached hydrogen (secondary N) is 1. The molecule has 0 unspecified atom stereocenters. The number of imide groups is 1. The lowest BCUT2D eigenvalue weighted by molar-refractivity contribution is -0.149. The summed E-state index contributed by atoms with van der Waals surface area (Å²) in [6.45, 7) is 3.16. The zero-order valence-electron chi connectivity index (χ0n) is 13.7. The van der Waals surface area contributed by atoms with Gasteiger partial charge in [0.25, 0.3) is 11.8 Å². The first-order valence-electron chi connectivity index (χ1n) is 7.76. The summed E-state index contributed by atoms with van der Waals surface area (Å²) >= 11 is 0. The smallest absolute Gasteiger partial charge is 0.308 e. The third-order valence-electron chi connectivity index (χ3n) is 3.49. The Morgan fingerprint density at radius 1 is 1.25 bits per heavy atom. The average Bonchev–Trinajstić information content (AvgIpc) is 2.52. The summed E-state index contributed by atoms with van der Waals surface area (Å²) in [7, 11) is 0. The maximum Gasteiger partial charge on any atom is 0.308 e. The van der Waals surface area contributed by atoms with E-state index < -0.39 is 17.8 Å². The fourth-order valence-corrected chi connectivity index (χ4v) is 2.41. The molecule has 1 aliphatic rings. The van der Waals surface area contributed by atoms with E-state index in [0.717, 1.165) is 4.90 Å². The molecule has 7 heteroatoms. The highest BCUT2D eigenvalue weighted by Gasteiger charge is 2.30. The van der Waals surface area contributed by atoms with Crippen LogP contribution in [0.2, 0.25) is 0 Å². The number of benzene rings is 1. The molecule has 24 heavy (non-hydrogen) atoms. The molecule has 0 atom stereocenters. The highest BCUT2D eigenvalue weighted by atomic mass is 16.5. The molecule has 1 N–H and O–H groups in total. The number of amides is 3. The van der Waals surface area contributed by atoms with Crippen LogP contribution in [0.25, 0.3) is 0 Å². The summed E-state index contributed by atoms with van der Waals surface area (Å²) in [5, 5.41) is 2.59. The third kappa shape index (κ3) is 4.41. The molecule has 1 aromatic rings. The van der Waals surface area contributed by atoms with Gasteiger partial charge < -0.3 is 10.1 Å². The zero-order chi connectivity index (χ0) is 17.7. The Morgan fingerprint density at radius 2 is 1.96 bits per heavy atom. The molecule has 2 rings (SSSR count). The van der Waals surface area contributed by atoms with Gasteiger partial charge in [-0.05, 0) is 25.5 Å². The van der Waals surface area contributed by atoms with Crippen LogP contribution in [0.15, 0.2) is 24.3 Å². The van der Waals surface area contributed by atoms with Crippen LogP contribution in [0.3, 0.4) is 0 Å². The van der Waals surface area contributed by atoms with Crippen molar-refractivity contribution in [3.63, 3.8) is 0 Å². The summed E-state index contributed by atoms with van der Waals surface area (Å²) in [6.07, 6.45) is -0.0115. The standard InChI is InChI=1S/C17H20N2O5/c1-11(2)18-14(20)10-24-16(22)7-8-19-15(21)9-12-5-3-4-6-13(12)17(19)23/h3-6,11H,7-10H2,1-2H3,(H,18,20). The molecule has 0 radical (unpaired) electrons. The van der Waals surface area contributed by atoms with Crippen molar-refractivity contribution in [2.45, 2.75) is 32.7 Å². The number of hydrogen-bond donors (Lipinski definition) is 1. The molecule has 1 aromatic carbocycles. The number of carbonyl (C=O) groups excluding carboxylic acids is 4. The number of hydrogen-bond acceptors (Lipinski definition) is 5. The predicted molar refractivity (Wildman–Crippen MR) is 85.0 cm³/mol. The van der Waals surface area contributed by atoms with Crippen molar-refractivity contribution in [3.05, 3.63) is 35.4 Å². The van der Waals surface area contributed by atoms with E-state index in [0.29, 0.717) is 11.1 Å². The summed E-state index contributed by atoms with van der Waals surface area (Å²) in [4.78, 5) is 48.5. The van der Waals surface area contributed by atoms with Crippen molar-refractivity contribution < 1.29 is 23.9 Å². The molecule has 0 aliphatic carbocycles. The number of fused-ring (bicyclic) bond motifs is 1. The van der Waals surface area contributed by atoms with Gasteiger partial charge in [0, 0.05) is 18.2 Å². The predicted octanol–water partition coefficient (Wildman–Crippen LogP) is 0.669. The van der Waals surface area contributed by atoms with E-state index in [-0.39, 0.29) is 37.9 Å². The van der Waals surface area contributed by atoms with Crippen LogP contribution < -0.4 is 5.32 Å². The second kappa shape index (κ2) is 7.72. The number of esters is 1. The van der Waals surface area contributed by atoms with Crippen molar-refractivity contribution in [1.82, 2.24) is 10.2 Å². The Labute approximate surface area is 140 Å². The molecule has 0 saturated carbocycles. The van der Waals surface area contributed by atoms with E-state index in [4.69, 9.17) is 4.74 Å². The molecular formula is C17H20N2O5. The quantitative estimate of drug-likeness (QED) is 0.610. The molecular weight excluding hydrogens is 312 g/mol. The first-order chi connectivity index (χ1) is 11.4. The van der Waals surface area contributed by atoms with Gasteiger partial charge in [-0.1, -0.05) is 18.2 Å². The molecule has 1 aliphatic heterocycles. The van der Waals surface area contributed by atoms with Crippen LogP contribution >= 0.6 is 0 Å². The Bertz CT molecular complexity index is 669. The summed E-state index contributed by atoms with van der Waals surface area (Å²) in [5.41, 5.74) is 1.17. The lowest BCUT2D eigenvalue weighted by Crippen LogP contribution is -2.43. The van der Waals surface area contributed by atoms with Crippen LogP contribution in [0.1, 0.15) is 36.2 Å². The van der Waals surface area contributed by atoms with Crippen LogP contribution in [-0.2, 0) is 25.5 Å². The number of nitrogens with zero attached hydrogens (tertiary/aromatic N) is 1. The maximum atomic E-state index is 12.3. The topological polar surface area (TPSA) is 92.8 Å². The van der Waals surface area contributed by atoms with E-state index >= 15 is 0 Å². The lowest BCUT2D eigenvalue weighted by atomic mass is 9.98. The van der Waals surface area contributed by atoms with Crippen LogP contribution in [0, 0.1) is 0 Å². The molecule has 7 nitrogen and oxygen atoms in total. The monoisotopic (exact) mass is 332 g/mol. The molecule has 128 valence electrons. The normalized spacial score (nSPS) is 13.7. The fourth-order valence-electron chi connectivity index (χ4n) is 2.41. The Balaban J connectivity index is 1.86. The van der Waals surface area contributed by atoms with Crippen LogP contribution in [-0.4, -0.2) is 47.8 Å². The lowest BCUT2D eigenvalue weighted by Gasteiger charge is -2.26. The largest absolute Gasteiger partial charge is 0.456 e. The van der Waals surface area contributed by atoms with E-state index in [1.807, 2.05) is 0 Å². The van der Waals surface area contributed by atoms with Crippen molar-refractivity contribution >= 4 is 23.7 Å². The van der Waals surface area contributed by atoms with Gasteiger partial charge >= 0.3 is 5.97 Å². The van der Waals surface area contributed by atoms with E-state index in [1.165, 1.54) is 0 Å². The van der Waals surface area contributed by atoms with Gasteiger partial charge in [-0.25, -0.2) is 0 Å². The van der Waals surface area contributed by atoms with Crippen molar-refractivity contribution in [1.29, 1.82) is 0 Å². The van der Waals surface area contributed by atoms with Crippen molar-refractivity contribution in [2.75, 3.05) is 13.2 Å². The Morgan fingerprint density at radius 3 is 2.67 bits per heavy atom. The molecule has 1 heterocycles. The highest BCUT2D eigenvalue weighted by Crippen LogP contribution is 2.19. The minimum absolute atomic E-state index is 0.0418. The van der Waals surface area contributed by atoms with Gasteiger partial charge in [0.2, 0.25) is 5.91 Å². The first kappa shape index (κ1) is 17.7. The molecule has 0 spiro atoms. The number of ether oxygens (including phenoxy) is 1. The molecule has 0 bridgehead atoms. The van der Waals surface area contributed by atoms with Crippen molar-refractivity contribution in [2.24, 2.45) is 0 Å². The summed E-state index contributed by atoms with van der Waals surface area (Å²) < 4.78 is 4.84. The van der Waals surface area contributed by atoms with Gasteiger partial charge in [0.15, 0.2) is 6.61 Å². The SMILES string of the molecule is CC(C)NC(=O)COC(=O)CCN1C(=O)Cc2ccccc2C1=O. The number of carbonyl (C=O) groups is 4. The van der Waals surface area contributed by atoms with E-state index in [2.05, 4.69) is 5.32 Å². The van der Waals surface area contributed by atoms with Gasteiger partial charge in [-0.3, -0.25) is 24.1 Å². The second-order valence-electron chi connectivity index (χ2n) is 5.82. The number of rotatable bonds is 6. The molecule has 0 saturated heterocycles. The zero-order valence-corrected chi connectivity index (χ0v) is 13.7. The van der Waals surface area contributed by atoms with Gasteiger partial charge in [-0.15, -0.1) is 0 Å². The van der Waals surface area contributed by atoms with Gasteiger partial charge in [0.1, 0.15) is 0 Å².